The van der Waals surface area contributed by atoms with Crippen molar-refractivity contribution in [2.75, 3.05) is 25.1 Å². The van der Waals surface area contributed by atoms with Gasteiger partial charge in [-0.2, -0.15) is 0 Å². The molecule has 100 valence electrons. The summed E-state index contributed by atoms with van der Waals surface area (Å²) in [4.78, 5) is 0. The minimum atomic E-state index is -0.467. The van der Waals surface area contributed by atoms with Gasteiger partial charge in [0.2, 0.25) is 0 Å². The van der Waals surface area contributed by atoms with Crippen molar-refractivity contribution in [2.24, 2.45) is 0 Å². The molecule has 0 unspecified atom stereocenters. The smallest absolute Gasteiger partial charge is 0.162 e. The van der Waals surface area contributed by atoms with E-state index >= 15 is 0 Å². The van der Waals surface area contributed by atoms with Crippen LogP contribution < -0.4 is 10.1 Å². The van der Waals surface area contributed by atoms with E-state index in [-0.39, 0.29) is 6.04 Å². The molecule has 2 rings (SSSR count). The summed E-state index contributed by atoms with van der Waals surface area (Å²) in [6, 6.07) is 8.11. The molecule has 18 heavy (non-hydrogen) atoms. The Kier molecular flexibility index (Phi) is 4.09. The molecule has 1 aliphatic heterocycles. The summed E-state index contributed by atoms with van der Waals surface area (Å²) in [5, 5.41) is 3.39. The zero-order valence-corrected chi connectivity index (χ0v) is 11.2. The highest BCUT2D eigenvalue weighted by atomic mass is 16.7. The molecule has 1 aromatic carbocycles. The first-order valence-electron chi connectivity index (χ1n) is 6.36. The molecule has 0 amide bonds. The van der Waals surface area contributed by atoms with Crippen LogP contribution in [0.4, 0.5) is 5.69 Å². The predicted molar refractivity (Wildman–Crippen MR) is 71.0 cm³/mol. The maximum atomic E-state index is 5.61. The van der Waals surface area contributed by atoms with E-state index in [9.17, 15) is 0 Å². The van der Waals surface area contributed by atoms with E-state index in [0.717, 1.165) is 11.4 Å². The van der Waals surface area contributed by atoms with Crippen LogP contribution in [0, 0.1) is 0 Å². The van der Waals surface area contributed by atoms with E-state index in [1.54, 1.807) is 0 Å². The van der Waals surface area contributed by atoms with Gasteiger partial charge in [0.15, 0.2) is 5.79 Å². The topological polar surface area (TPSA) is 39.7 Å². The first kappa shape index (κ1) is 13.2. The second kappa shape index (κ2) is 5.59. The van der Waals surface area contributed by atoms with Gasteiger partial charge >= 0.3 is 0 Å². The number of rotatable bonds is 4. The minimum absolute atomic E-state index is 0.176. The van der Waals surface area contributed by atoms with Gasteiger partial charge in [-0.25, -0.2) is 0 Å². The first-order valence-corrected chi connectivity index (χ1v) is 6.36. The normalized spacial score (nSPS) is 19.5. The van der Waals surface area contributed by atoms with Crippen molar-refractivity contribution in [1.82, 2.24) is 0 Å². The van der Waals surface area contributed by atoms with Gasteiger partial charge in [-0.05, 0) is 32.9 Å². The fourth-order valence-corrected chi connectivity index (χ4v) is 1.85. The molecule has 0 bridgehead atoms. The molecule has 1 N–H and O–H groups in total. The summed E-state index contributed by atoms with van der Waals surface area (Å²) in [6.45, 7) is 7.80. The van der Waals surface area contributed by atoms with Crippen LogP contribution in [0.3, 0.4) is 0 Å². The van der Waals surface area contributed by atoms with Crippen LogP contribution in [0.15, 0.2) is 24.3 Å². The van der Waals surface area contributed by atoms with Gasteiger partial charge in [0, 0.05) is 11.8 Å². The van der Waals surface area contributed by atoms with Crippen molar-refractivity contribution in [3.63, 3.8) is 0 Å². The Hall–Kier alpha value is -1.26. The predicted octanol–water partition coefficient (Wildman–Crippen LogP) is 2.65. The van der Waals surface area contributed by atoms with Crippen LogP contribution in [-0.4, -0.2) is 31.6 Å². The first-order chi connectivity index (χ1) is 8.59. The van der Waals surface area contributed by atoms with Crippen molar-refractivity contribution >= 4 is 5.69 Å². The van der Waals surface area contributed by atoms with Gasteiger partial charge in [0.25, 0.3) is 0 Å². The molecular formula is C14H21NO3. The minimum Gasteiger partial charge on any atom is -0.494 e. The molecule has 0 atom stereocenters. The summed E-state index contributed by atoms with van der Waals surface area (Å²) >= 11 is 0. The molecule has 0 aliphatic carbocycles. The lowest BCUT2D eigenvalue weighted by molar-refractivity contribution is -0.247. The summed E-state index contributed by atoms with van der Waals surface area (Å²) in [7, 11) is 0. The summed E-state index contributed by atoms with van der Waals surface area (Å²) in [6.07, 6.45) is 0. The molecule has 0 spiro atoms. The van der Waals surface area contributed by atoms with E-state index in [4.69, 9.17) is 14.2 Å². The Labute approximate surface area is 108 Å². The third-order valence-electron chi connectivity index (χ3n) is 2.78. The van der Waals surface area contributed by atoms with Crippen LogP contribution in [0.25, 0.3) is 0 Å². The standard InChI is InChI=1S/C14H21NO3/c1-4-16-13-7-5-6-11(8-13)15-12-9-17-14(2,3)18-10-12/h5-8,12,15H,4,9-10H2,1-3H3. The van der Waals surface area contributed by atoms with Crippen molar-refractivity contribution in [2.45, 2.75) is 32.6 Å². The van der Waals surface area contributed by atoms with E-state index in [2.05, 4.69) is 5.32 Å². The van der Waals surface area contributed by atoms with Gasteiger partial charge in [0.05, 0.1) is 25.9 Å². The lowest BCUT2D eigenvalue weighted by Gasteiger charge is -2.35. The number of nitrogens with one attached hydrogen (secondary N) is 1. The molecule has 1 aliphatic rings. The van der Waals surface area contributed by atoms with E-state index in [0.29, 0.717) is 19.8 Å². The van der Waals surface area contributed by atoms with Gasteiger partial charge < -0.3 is 19.5 Å². The SMILES string of the molecule is CCOc1cccc(NC2COC(C)(C)OC2)c1. The third-order valence-corrected chi connectivity index (χ3v) is 2.78. The van der Waals surface area contributed by atoms with Crippen LogP contribution in [-0.2, 0) is 9.47 Å². The Balaban J connectivity index is 1.91. The average molecular weight is 251 g/mol. The highest BCUT2D eigenvalue weighted by Gasteiger charge is 2.28. The maximum Gasteiger partial charge on any atom is 0.162 e. The van der Waals surface area contributed by atoms with Crippen LogP contribution in [0.5, 0.6) is 5.75 Å². The molecule has 0 aromatic heterocycles. The van der Waals surface area contributed by atoms with Crippen molar-refractivity contribution < 1.29 is 14.2 Å². The summed E-state index contributed by atoms with van der Waals surface area (Å²) < 4.78 is 16.7. The van der Waals surface area contributed by atoms with Gasteiger partial charge in [-0.15, -0.1) is 0 Å². The molecule has 1 heterocycles. The third kappa shape index (κ3) is 3.62. The summed E-state index contributed by atoms with van der Waals surface area (Å²) in [5.74, 6) is 0.409. The number of hydrogen-bond donors (Lipinski definition) is 1. The van der Waals surface area contributed by atoms with Crippen molar-refractivity contribution in [3.05, 3.63) is 24.3 Å². The zero-order valence-electron chi connectivity index (χ0n) is 11.2. The fourth-order valence-electron chi connectivity index (χ4n) is 1.85. The van der Waals surface area contributed by atoms with Crippen molar-refractivity contribution in [1.29, 1.82) is 0 Å². The van der Waals surface area contributed by atoms with Crippen LogP contribution in [0.1, 0.15) is 20.8 Å². The molecule has 1 saturated heterocycles. The quantitative estimate of drug-likeness (QED) is 0.893. The Morgan fingerprint density at radius 1 is 1.33 bits per heavy atom. The average Bonchev–Trinajstić information content (AvgIpc) is 2.33. The number of ether oxygens (including phenoxy) is 3. The van der Waals surface area contributed by atoms with E-state index in [1.807, 2.05) is 45.0 Å². The number of benzene rings is 1. The monoisotopic (exact) mass is 251 g/mol. The molecule has 4 heteroatoms. The zero-order chi connectivity index (χ0) is 13.0. The van der Waals surface area contributed by atoms with Crippen LogP contribution in [0.2, 0.25) is 0 Å². The van der Waals surface area contributed by atoms with Gasteiger partial charge in [-0.3, -0.25) is 0 Å². The fraction of sp³-hybridized carbons (Fsp3) is 0.571. The molecule has 1 aromatic rings. The Morgan fingerprint density at radius 3 is 2.72 bits per heavy atom. The molecule has 0 radical (unpaired) electrons. The highest BCUT2D eigenvalue weighted by Crippen LogP contribution is 2.22. The van der Waals surface area contributed by atoms with E-state index < -0.39 is 5.79 Å². The number of hydrogen-bond acceptors (Lipinski definition) is 4. The largest absolute Gasteiger partial charge is 0.494 e. The molecule has 1 fully saturated rings. The van der Waals surface area contributed by atoms with Gasteiger partial charge in [0.1, 0.15) is 5.75 Å². The highest BCUT2D eigenvalue weighted by molar-refractivity contribution is 5.49. The van der Waals surface area contributed by atoms with Gasteiger partial charge in [-0.1, -0.05) is 6.07 Å². The van der Waals surface area contributed by atoms with Crippen LogP contribution >= 0.6 is 0 Å². The molecule has 0 saturated carbocycles. The van der Waals surface area contributed by atoms with Crippen molar-refractivity contribution in [3.8, 4) is 5.75 Å². The summed E-state index contributed by atoms with van der Waals surface area (Å²) in [5.41, 5.74) is 1.03. The molecular weight excluding hydrogens is 230 g/mol. The lowest BCUT2D eigenvalue weighted by Crippen LogP contribution is -2.45. The second-order valence-corrected chi connectivity index (χ2v) is 4.82. The van der Waals surface area contributed by atoms with E-state index in [1.165, 1.54) is 0 Å². The maximum absolute atomic E-state index is 5.61. The number of anilines is 1. The Bertz CT molecular complexity index is 382. The second-order valence-electron chi connectivity index (χ2n) is 4.82. The Morgan fingerprint density at radius 2 is 2.06 bits per heavy atom. The molecule has 4 nitrogen and oxygen atoms in total. The lowest BCUT2D eigenvalue weighted by atomic mass is 10.2.